The van der Waals surface area contributed by atoms with Gasteiger partial charge in [0.25, 0.3) is 5.69 Å². The van der Waals surface area contributed by atoms with E-state index in [9.17, 15) is 32.9 Å². The second kappa shape index (κ2) is 12.8. The largest absolute Gasteiger partial charge is 0.493 e. The third kappa shape index (κ3) is 7.16. The molecule has 0 fully saturated rings. The van der Waals surface area contributed by atoms with Crippen LogP contribution >= 0.6 is 15.9 Å². The van der Waals surface area contributed by atoms with Crippen LogP contribution in [0.15, 0.2) is 71.1 Å². The minimum Gasteiger partial charge on any atom is -0.493 e. The minimum atomic E-state index is -5.02. The van der Waals surface area contributed by atoms with E-state index in [-0.39, 0.29) is 23.4 Å². The van der Waals surface area contributed by atoms with Crippen LogP contribution in [0.5, 0.6) is 5.75 Å². The van der Waals surface area contributed by atoms with Crippen LogP contribution in [0.3, 0.4) is 0 Å². The standard InChI is InChI=1S/C26H24BrF3N2O7/c1-15-20(25(34)39-12-10-16-6-8-19(9-7-16)38-13-11-27)21(17-4-3-5-18(14-17)32(35)36)22(24(33)37-2)23(31-15)26(28,29)30/h3-9,14,21,31H,10-13H2,1-2H3. The zero-order valence-corrected chi connectivity index (χ0v) is 22.4. The molecule has 2 aromatic carbocycles. The van der Waals surface area contributed by atoms with Crippen LogP contribution in [0.4, 0.5) is 18.9 Å². The SMILES string of the molecule is COC(=O)C1=C(C(F)(F)F)NC(C)=C(C(=O)OCCc2ccc(OCCBr)cc2)C1c1cccc([N+](=O)[O-])c1. The first-order valence-corrected chi connectivity index (χ1v) is 12.7. The Kier molecular flexibility index (Phi) is 9.73. The Labute approximate surface area is 229 Å². The van der Waals surface area contributed by atoms with Crippen molar-refractivity contribution < 1.29 is 41.9 Å². The van der Waals surface area contributed by atoms with Crippen LogP contribution < -0.4 is 10.1 Å². The molecule has 1 atom stereocenters. The lowest BCUT2D eigenvalue weighted by Gasteiger charge is -2.31. The zero-order valence-electron chi connectivity index (χ0n) is 20.8. The Hall–Kier alpha value is -3.87. The Bertz CT molecular complexity index is 1310. The molecule has 1 aliphatic heterocycles. The third-order valence-electron chi connectivity index (χ3n) is 5.78. The number of benzene rings is 2. The van der Waals surface area contributed by atoms with Crippen LogP contribution in [-0.4, -0.2) is 48.7 Å². The van der Waals surface area contributed by atoms with Gasteiger partial charge in [0.05, 0.1) is 42.3 Å². The van der Waals surface area contributed by atoms with Crippen molar-refractivity contribution in [1.82, 2.24) is 5.32 Å². The maximum absolute atomic E-state index is 14.0. The quantitative estimate of drug-likeness (QED) is 0.170. The number of nitro groups is 1. The number of nitrogens with zero attached hydrogens (tertiary/aromatic N) is 1. The fourth-order valence-corrected chi connectivity index (χ4v) is 4.21. The molecule has 13 heteroatoms. The highest BCUT2D eigenvalue weighted by molar-refractivity contribution is 9.09. The summed E-state index contributed by atoms with van der Waals surface area (Å²) in [6.07, 6.45) is -4.73. The number of allylic oxidation sites excluding steroid dienone is 2. The summed E-state index contributed by atoms with van der Waals surface area (Å²) in [6.45, 7) is 1.60. The Morgan fingerprint density at radius 1 is 1.08 bits per heavy atom. The number of carbonyl (C=O) groups excluding carboxylic acids is 2. The summed E-state index contributed by atoms with van der Waals surface area (Å²) in [7, 11) is 0.896. The Morgan fingerprint density at radius 2 is 1.77 bits per heavy atom. The number of halogens is 4. The van der Waals surface area contributed by atoms with Crippen molar-refractivity contribution in [2.45, 2.75) is 25.4 Å². The summed E-state index contributed by atoms with van der Waals surface area (Å²) in [4.78, 5) is 36.5. The molecule has 0 aliphatic carbocycles. The van der Waals surface area contributed by atoms with Gasteiger partial charge in [-0.05, 0) is 30.2 Å². The number of carbonyl (C=O) groups is 2. The molecule has 1 heterocycles. The molecule has 3 rings (SSSR count). The normalized spacial score (nSPS) is 15.5. The fraction of sp³-hybridized carbons (Fsp3) is 0.308. The predicted molar refractivity (Wildman–Crippen MR) is 137 cm³/mol. The van der Waals surface area contributed by atoms with E-state index in [4.69, 9.17) is 9.47 Å². The fourth-order valence-electron chi connectivity index (χ4n) is 4.05. The van der Waals surface area contributed by atoms with Crippen molar-refractivity contribution in [3.8, 4) is 5.75 Å². The summed E-state index contributed by atoms with van der Waals surface area (Å²) in [5.41, 5.74) is -2.57. The van der Waals surface area contributed by atoms with Gasteiger partial charge >= 0.3 is 18.1 Å². The molecule has 0 spiro atoms. The van der Waals surface area contributed by atoms with Crippen molar-refractivity contribution in [3.63, 3.8) is 0 Å². The number of nitrogens with one attached hydrogen (secondary N) is 1. The topological polar surface area (TPSA) is 117 Å². The molecule has 1 N–H and O–H groups in total. The van der Waals surface area contributed by atoms with Gasteiger partial charge in [0.15, 0.2) is 0 Å². The second-order valence-electron chi connectivity index (χ2n) is 8.29. The van der Waals surface area contributed by atoms with Crippen molar-refractivity contribution in [3.05, 3.63) is 92.3 Å². The number of hydrogen-bond acceptors (Lipinski definition) is 8. The smallest absolute Gasteiger partial charge is 0.431 e. The summed E-state index contributed by atoms with van der Waals surface area (Å²) >= 11 is 3.27. The molecular weight excluding hydrogens is 589 g/mol. The lowest BCUT2D eigenvalue weighted by atomic mass is 9.80. The molecular formula is C26H24BrF3N2O7. The number of hydrogen-bond donors (Lipinski definition) is 1. The summed E-state index contributed by atoms with van der Waals surface area (Å²) in [5, 5.41) is 14.1. The number of methoxy groups -OCH3 is 1. The maximum atomic E-state index is 14.0. The molecule has 1 unspecified atom stereocenters. The number of nitro benzene ring substituents is 1. The first-order valence-electron chi connectivity index (χ1n) is 11.5. The Morgan fingerprint density at radius 3 is 2.36 bits per heavy atom. The number of ether oxygens (including phenoxy) is 3. The van der Waals surface area contributed by atoms with E-state index < -0.39 is 45.9 Å². The monoisotopic (exact) mass is 612 g/mol. The molecule has 9 nitrogen and oxygen atoms in total. The lowest BCUT2D eigenvalue weighted by Crippen LogP contribution is -2.38. The second-order valence-corrected chi connectivity index (χ2v) is 9.09. The highest BCUT2D eigenvalue weighted by Gasteiger charge is 2.47. The number of non-ortho nitro benzene ring substituents is 1. The number of dihydropyridines is 1. The van der Waals surface area contributed by atoms with E-state index in [1.807, 2.05) is 0 Å². The number of alkyl halides is 4. The first kappa shape index (κ1) is 29.7. The molecule has 0 radical (unpaired) electrons. The van der Waals surface area contributed by atoms with E-state index in [2.05, 4.69) is 26.0 Å². The van der Waals surface area contributed by atoms with E-state index in [0.29, 0.717) is 24.1 Å². The predicted octanol–water partition coefficient (Wildman–Crippen LogP) is 5.10. The van der Waals surface area contributed by atoms with E-state index in [0.717, 1.165) is 24.8 Å². The molecule has 2 aromatic rings. The average Bonchev–Trinajstić information content (AvgIpc) is 2.91. The van der Waals surface area contributed by atoms with Gasteiger partial charge in [0.2, 0.25) is 0 Å². The molecule has 0 saturated heterocycles. The van der Waals surface area contributed by atoms with Gasteiger partial charge in [0.1, 0.15) is 11.4 Å². The zero-order chi connectivity index (χ0) is 28.7. The van der Waals surface area contributed by atoms with Gasteiger partial charge in [-0.1, -0.05) is 40.2 Å². The molecule has 1 aliphatic rings. The van der Waals surface area contributed by atoms with Gasteiger partial charge < -0.3 is 19.5 Å². The van der Waals surface area contributed by atoms with Gasteiger partial charge in [-0.2, -0.15) is 13.2 Å². The molecule has 0 saturated carbocycles. The number of esters is 2. The average molecular weight is 613 g/mol. The summed E-state index contributed by atoms with van der Waals surface area (Å²) in [6, 6.07) is 11.8. The molecule has 208 valence electrons. The van der Waals surface area contributed by atoms with Gasteiger partial charge in [0, 0.05) is 29.6 Å². The highest BCUT2D eigenvalue weighted by atomic mass is 79.9. The van der Waals surface area contributed by atoms with Crippen molar-refractivity contribution in [2.24, 2.45) is 0 Å². The molecule has 0 amide bonds. The summed E-state index contributed by atoms with van der Waals surface area (Å²) < 4.78 is 57.5. The lowest BCUT2D eigenvalue weighted by molar-refractivity contribution is -0.384. The van der Waals surface area contributed by atoms with Gasteiger partial charge in [-0.15, -0.1) is 0 Å². The molecule has 39 heavy (non-hydrogen) atoms. The van der Waals surface area contributed by atoms with E-state index in [1.165, 1.54) is 19.1 Å². The van der Waals surface area contributed by atoms with Crippen LogP contribution in [-0.2, 0) is 25.5 Å². The van der Waals surface area contributed by atoms with Crippen molar-refractivity contribution in [1.29, 1.82) is 0 Å². The van der Waals surface area contributed by atoms with Crippen LogP contribution in [0, 0.1) is 10.1 Å². The maximum Gasteiger partial charge on any atom is 0.431 e. The summed E-state index contributed by atoms with van der Waals surface area (Å²) in [5.74, 6) is -3.33. The van der Waals surface area contributed by atoms with Crippen molar-refractivity contribution >= 4 is 33.6 Å². The molecule has 0 aromatic heterocycles. The van der Waals surface area contributed by atoms with Crippen LogP contribution in [0.25, 0.3) is 0 Å². The van der Waals surface area contributed by atoms with Gasteiger partial charge in [-0.25, -0.2) is 9.59 Å². The van der Waals surface area contributed by atoms with E-state index >= 15 is 0 Å². The van der Waals surface area contributed by atoms with Crippen molar-refractivity contribution in [2.75, 3.05) is 25.7 Å². The third-order valence-corrected chi connectivity index (χ3v) is 6.10. The molecule has 0 bridgehead atoms. The Balaban J connectivity index is 1.95. The number of rotatable bonds is 10. The van der Waals surface area contributed by atoms with Crippen LogP contribution in [0.1, 0.15) is 24.0 Å². The van der Waals surface area contributed by atoms with E-state index in [1.54, 1.807) is 24.3 Å². The van der Waals surface area contributed by atoms with Crippen LogP contribution in [0.2, 0.25) is 0 Å². The first-order chi connectivity index (χ1) is 18.5. The highest BCUT2D eigenvalue weighted by Crippen LogP contribution is 2.43. The van der Waals surface area contributed by atoms with Gasteiger partial charge in [-0.3, -0.25) is 10.1 Å². The minimum absolute atomic E-state index is 0.0850.